The maximum Gasteiger partial charge on any atom is 0.303 e. The molecule has 0 aromatic heterocycles. The molecule has 0 radical (unpaired) electrons. The Morgan fingerprint density at radius 3 is 2.43 bits per heavy atom. The van der Waals surface area contributed by atoms with Gasteiger partial charge in [0.05, 0.1) is 0 Å². The first-order valence-corrected chi connectivity index (χ1v) is 8.67. The number of benzene rings is 1. The van der Waals surface area contributed by atoms with Crippen molar-refractivity contribution in [3.63, 3.8) is 0 Å². The van der Waals surface area contributed by atoms with Crippen LogP contribution in [0.1, 0.15) is 31.9 Å². The molecule has 1 rings (SSSR count). The fourth-order valence-electron chi connectivity index (χ4n) is 2.17. The van der Waals surface area contributed by atoms with Gasteiger partial charge >= 0.3 is 5.97 Å². The minimum atomic E-state index is -3.26. The fraction of sp³-hybridized carbons (Fsp3) is 0.533. The molecule has 2 N–H and O–H groups in total. The Morgan fingerprint density at radius 2 is 1.90 bits per heavy atom. The van der Waals surface area contributed by atoms with Crippen LogP contribution in [0.2, 0.25) is 0 Å². The standard InChI is InChI=1S/C15H23NO4S/c1-11(17)20-15(2,3)10-13-7-5-6-12(8-13)9-14(16)21(4,18)19/h5-8,14H,9-10,16H2,1-4H3. The van der Waals surface area contributed by atoms with E-state index in [1.54, 1.807) is 0 Å². The van der Waals surface area contributed by atoms with E-state index in [-0.39, 0.29) is 12.4 Å². The van der Waals surface area contributed by atoms with Crippen LogP contribution in [0.5, 0.6) is 0 Å². The van der Waals surface area contributed by atoms with Crippen LogP contribution in [0.25, 0.3) is 0 Å². The molecule has 0 fully saturated rings. The van der Waals surface area contributed by atoms with Gasteiger partial charge in [0.2, 0.25) is 0 Å². The normalized spacial score (nSPS) is 13.8. The summed E-state index contributed by atoms with van der Waals surface area (Å²) in [6.07, 6.45) is 1.94. The van der Waals surface area contributed by atoms with Gasteiger partial charge in [-0.3, -0.25) is 4.79 Å². The van der Waals surface area contributed by atoms with E-state index in [9.17, 15) is 13.2 Å². The highest BCUT2D eigenvalue weighted by molar-refractivity contribution is 7.91. The highest BCUT2D eigenvalue weighted by Crippen LogP contribution is 2.19. The van der Waals surface area contributed by atoms with E-state index in [0.29, 0.717) is 6.42 Å². The molecule has 1 aromatic carbocycles. The first-order chi connectivity index (χ1) is 9.49. The largest absolute Gasteiger partial charge is 0.460 e. The summed E-state index contributed by atoms with van der Waals surface area (Å²) in [4.78, 5) is 11.1. The van der Waals surface area contributed by atoms with E-state index in [1.165, 1.54) is 6.92 Å². The number of carbonyl (C=O) groups is 1. The van der Waals surface area contributed by atoms with Gasteiger partial charge in [0, 0.05) is 26.0 Å². The van der Waals surface area contributed by atoms with Gasteiger partial charge in [0.25, 0.3) is 0 Å². The molecule has 0 saturated heterocycles. The quantitative estimate of drug-likeness (QED) is 0.803. The highest BCUT2D eigenvalue weighted by Gasteiger charge is 2.22. The summed E-state index contributed by atoms with van der Waals surface area (Å²) in [7, 11) is -3.26. The molecule has 0 aliphatic rings. The number of nitrogens with two attached hydrogens (primary N) is 1. The van der Waals surface area contributed by atoms with Crippen LogP contribution < -0.4 is 5.73 Å². The van der Waals surface area contributed by atoms with Crippen LogP contribution in [0.3, 0.4) is 0 Å². The van der Waals surface area contributed by atoms with Crippen molar-refractivity contribution in [2.24, 2.45) is 5.73 Å². The van der Waals surface area contributed by atoms with Crippen molar-refractivity contribution < 1.29 is 17.9 Å². The Labute approximate surface area is 126 Å². The minimum absolute atomic E-state index is 0.265. The van der Waals surface area contributed by atoms with E-state index >= 15 is 0 Å². The zero-order valence-corrected chi connectivity index (χ0v) is 13.7. The topological polar surface area (TPSA) is 86.5 Å². The van der Waals surface area contributed by atoms with Gasteiger partial charge in [-0.15, -0.1) is 0 Å². The van der Waals surface area contributed by atoms with Crippen LogP contribution in [0, 0.1) is 0 Å². The monoisotopic (exact) mass is 313 g/mol. The van der Waals surface area contributed by atoms with Gasteiger partial charge in [0.15, 0.2) is 9.84 Å². The number of hydrogen-bond donors (Lipinski definition) is 1. The molecular weight excluding hydrogens is 290 g/mol. The second kappa shape index (κ2) is 6.58. The SMILES string of the molecule is CC(=O)OC(C)(C)Cc1cccc(CC(N)S(C)(=O)=O)c1. The van der Waals surface area contributed by atoms with Crippen LogP contribution in [-0.4, -0.2) is 31.6 Å². The first-order valence-electron chi connectivity index (χ1n) is 6.71. The summed E-state index contributed by atoms with van der Waals surface area (Å²) in [6.45, 7) is 5.05. The number of carbonyl (C=O) groups excluding carboxylic acids is 1. The lowest BCUT2D eigenvalue weighted by atomic mass is 9.96. The molecule has 21 heavy (non-hydrogen) atoms. The molecule has 1 unspecified atom stereocenters. The number of esters is 1. The van der Waals surface area contributed by atoms with Crippen molar-refractivity contribution in [1.82, 2.24) is 0 Å². The molecule has 5 nitrogen and oxygen atoms in total. The summed E-state index contributed by atoms with van der Waals surface area (Å²) in [5.41, 5.74) is 6.88. The lowest BCUT2D eigenvalue weighted by Gasteiger charge is -2.24. The lowest BCUT2D eigenvalue weighted by molar-refractivity contribution is -0.153. The molecule has 6 heteroatoms. The van der Waals surface area contributed by atoms with Crippen molar-refractivity contribution in [1.29, 1.82) is 0 Å². The summed E-state index contributed by atoms with van der Waals surface area (Å²) in [5, 5.41) is -0.908. The summed E-state index contributed by atoms with van der Waals surface area (Å²) in [6, 6.07) is 7.51. The number of hydrogen-bond acceptors (Lipinski definition) is 5. The van der Waals surface area contributed by atoms with Crippen LogP contribution >= 0.6 is 0 Å². The van der Waals surface area contributed by atoms with Gasteiger partial charge < -0.3 is 10.5 Å². The fourth-order valence-corrected chi connectivity index (χ4v) is 2.66. The average molecular weight is 313 g/mol. The minimum Gasteiger partial charge on any atom is -0.460 e. The Hall–Kier alpha value is -1.40. The van der Waals surface area contributed by atoms with Crippen molar-refractivity contribution in [2.45, 2.75) is 44.6 Å². The molecule has 1 aromatic rings. The lowest BCUT2D eigenvalue weighted by Crippen LogP contribution is -2.32. The van der Waals surface area contributed by atoms with Gasteiger partial charge in [-0.25, -0.2) is 8.42 Å². The number of sulfone groups is 1. The summed E-state index contributed by atoms with van der Waals surface area (Å²) in [5.74, 6) is -0.324. The maximum absolute atomic E-state index is 11.4. The van der Waals surface area contributed by atoms with Crippen molar-refractivity contribution in [2.75, 3.05) is 6.26 Å². The van der Waals surface area contributed by atoms with Crippen molar-refractivity contribution in [3.05, 3.63) is 35.4 Å². The van der Waals surface area contributed by atoms with Crippen LogP contribution in [0.4, 0.5) is 0 Å². The molecule has 0 saturated carbocycles. The van der Waals surface area contributed by atoms with Gasteiger partial charge in [0.1, 0.15) is 11.0 Å². The zero-order chi connectivity index (χ0) is 16.3. The Kier molecular flexibility index (Phi) is 5.53. The molecule has 1 atom stereocenters. The molecule has 0 spiro atoms. The zero-order valence-electron chi connectivity index (χ0n) is 12.9. The van der Waals surface area contributed by atoms with Gasteiger partial charge in [-0.2, -0.15) is 0 Å². The maximum atomic E-state index is 11.4. The van der Waals surface area contributed by atoms with Gasteiger partial charge in [-0.05, 0) is 25.0 Å². The first kappa shape index (κ1) is 17.7. The molecular formula is C15H23NO4S. The molecule has 0 aliphatic carbocycles. The summed E-state index contributed by atoms with van der Waals surface area (Å²) < 4.78 is 28.0. The van der Waals surface area contributed by atoms with Crippen molar-refractivity contribution in [3.8, 4) is 0 Å². The number of rotatable bonds is 6. The predicted octanol–water partition coefficient (Wildman–Crippen LogP) is 1.44. The van der Waals surface area contributed by atoms with Crippen LogP contribution in [-0.2, 0) is 32.2 Å². The third-order valence-electron chi connectivity index (χ3n) is 3.03. The molecule has 118 valence electrons. The Morgan fingerprint density at radius 1 is 1.33 bits per heavy atom. The van der Waals surface area contributed by atoms with E-state index in [1.807, 2.05) is 38.1 Å². The Bertz CT molecular complexity index is 608. The highest BCUT2D eigenvalue weighted by atomic mass is 32.2. The second-order valence-electron chi connectivity index (χ2n) is 5.92. The van der Waals surface area contributed by atoms with E-state index in [2.05, 4.69) is 0 Å². The molecule has 0 heterocycles. The molecule has 0 amide bonds. The average Bonchev–Trinajstić information content (AvgIpc) is 2.25. The van der Waals surface area contributed by atoms with E-state index < -0.39 is 20.8 Å². The van der Waals surface area contributed by atoms with E-state index in [0.717, 1.165) is 17.4 Å². The molecule has 0 aliphatic heterocycles. The summed E-state index contributed by atoms with van der Waals surface area (Å²) >= 11 is 0. The smallest absolute Gasteiger partial charge is 0.303 e. The van der Waals surface area contributed by atoms with E-state index in [4.69, 9.17) is 10.5 Å². The predicted molar refractivity (Wildman–Crippen MR) is 82.5 cm³/mol. The Balaban J connectivity index is 2.84. The second-order valence-corrected chi connectivity index (χ2v) is 8.19. The van der Waals surface area contributed by atoms with Crippen LogP contribution in [0.15, 0.2) is 24.3 Å². The third kappa shape index (κ3) is 6.27. The van der Waals surface area contributed by atoms with Crippen molar-refractivity contribution >= 4 is 15.8 Å². The third-order valence-corrected chi connectivity index (χ3v) is 4.29. The number of ether oxygens (including phenoxy) is 1. The van der Waals surface area contributed by atoms with Gasteiger partial charge in [-0.1, -0.05) is 24.3 Å². The molecule has 0 bridgehead atoms.